The molecular weight excluding hydrogens is 634 g/mol. The molecule has 9 heteroatoms. The quantitative estimate of drug-likeness (QED) is 0.0734. The minimum Gasteiger partial charge on any atom is -0.392 e. The van der Waals surface area contributed by atoms with Crippen LogP contribution in [0.3, 0.4) is 0 Å². The second-order valence-corrected chi connectivity index (χ2v) is 15.9. The molecule has 0 saturated carbocycles. The zero-order valence-electron chi connectivity index (χ0n) is 32.2. The number of hydrogen-bond donors (Lipinski definition) is 3. The Morgan fingerprint density at radius 1 is 0.900 bits per heavy atom. The van der Waals surface area contributed by atoms with E-state index >= 15 is 0 Å². The van der Waals surface area contributed by atoms with E-state index in [1.54, 1.807) is 26.0 Å². The Bertz CT molecular complexity index is 1140. The van der Waals surface area contributed by atoms with Crippen LogP contribution >= 0.6 is 0 Å². The van der Waals surface area contributed by atoms with E-state index < -0.39 is 23.9 Å². The third-order valence-electron chi connectivity index (χ3n) is 11.4. The number of aliphatic hydroxyl groups is 2. The van der Waals surface area contributed by atoms with Crippen LogP contribution in [0, 0.1) is 23.7 Å². The third-order valence-corrected chi connectivity index (χ3v) is 11.4. The van der Waals surface area contributed by atoms with E-state index in [9.17, 15) is 24.6 Å². The van der Waals surface area contributed by atoms with E-state index in [4.69, 9.17) is 14.2 Å². The molecule has 9 nitrogen and oxygen atoms in total. The van der Waals surface area contributed by atoms with Gasteiger partial charge >= 0.3 is 0 Å². The van der Waals surface area contributed by atoms with Gasteiger partial charge in [-0.25, -0.2) is 0 Å². The van der Waals surface area contributed by atoms with E-state index in [-0.39, 0.29) is 67.1 Å². The Morgan fingerprint density at radius 3 is 2.36 bits per heavy atom. The third kappa shape index (κ3) is 13.9. The molecule has 0 aromatic rings. The van der Waals surface area contributed by atoms with E-state index in [0.717, 1.165) is 76.2 Å². The maximum atomic E-state index is 12.9. The van der Waals surface area contributed by atoms with Crippen molar-refractivity contribution in [2.75, 3.05) is 6.54 Å². The van der Waals surface area contributed by atoms with Gasteiger partial charge < -0.3 is 29.7 Å². The molecule has 11 atom stereocenters. The lowest BCUT2D eigenvalue weighted by atomic mass is 9.85. The van der Waals surface area contributed by atoms with Crippen LogP contribution in [0.2, 0.25) is 0 Å². The van der Waals surface area contributed by atoms with Gasteiger partial charge in [0.15, 0.2) is 11.6 Å². The van der Waals surface area contributed by atoms with Crippen molar-refractivity contribution in [3.05, 3.63) is 23.8 Å². The summed E-state index contributed by atoms with van der Waals surface area (Å²) in [7, 11) is 0. The molecule has 3 aliphatic heterocycles. The number of Topliss-reactive ketones (excluding diaryl/α,β-unsaturated/α-hetero) is 1. The summed E-state index contributed by atoms with van der Waals surface area (Å²) in [6.07, 6.45) is 15.4. The van der Waals surface area contributed by atoms with Gasteiger partial charge in [0.25, 0.3) is 0 Å². The molecule has 3 saturated heterocycles. The normalized spacial score (nSPS) is 31.7. The van der Waals surface area contributed by atoms with E-state index in [2.05, 4.69) is 32.2 Å². The van der Waals surface area contributed by atoms with E-state index in [1.165, 1.54) is 0 Å². The van der Waals surface area contributed by atoms with Crippen molar-refractivity contribution in [2.24, 2.45) is 23.7 Å². The van der Waals surface area contributed by atoms with Gasteiger partial charge in [-0.2, -0.15) is 0 Å². The number of rotatable bonds is 19. The maximum absolute atomic E-state index is 12.9. The van der Waals surface area contributed by atoms with Crippen molar-refractivity contribution in [3.8, 4) is 0 Å². The minimum atomic E-state index is -0.908. The summed E-state index contributed by atoms with van der Waals surface area (Å²) < 4.78 is 19.5. The molecule has 0 aromatic carbocycles. The molecule has 3 fully saturated rings. The summed E-state index contributed by atoms with van der Waals surface area (Å²) >= 11 is 0. The SMILES string of the molecule is C/C=C/C(=O)C[C@@H]1CCC(C)C(CC(=O)CC[C@H](O)[C@H](C)C(=O)NCCC[C@H]2O[C@@]3(CCC[C@@H](CC[C@H](C)/C=C(\C)C(C)O)O3)CCC2C)O1. The lowest BCUT2D eigenvalue weighted by molar-refractivity contribution is -0.324. The van der Waals surface area contributed by atoms with Gasteiger partial charge in [0.1, 0.15) is 5.78 Å². The molecule has 3 heterocycles. The van der Waals surface area contributed by atoms with E-state index in [0.29, 0.717) is 24.8 Å². The molecule has 3 rings (SSSR count). The monoisotopic (exact) mass is 704 g/mol. The Hall–Kier alpha value is -1.91. The van der Waals surface area contributed by atoms with Gasteiger partial charge in [-0.3, -0.25) is 14.4 Å². The molecule has 0 bridgehead atoms. The van der Waals surface area contributed by atoms with Crippen LogP contribution in [-0.4, -0.2) is 76.6 Å². The molecule has 4 unspecified atom stereocenters. The number of amides is 1. The average Bonchev–Trinajstić information content (AvgIpc) is 3.07. The Balaban J connectivity index is 1.36. The largest absolute Gasteiger partial charge is 0.392 e. The van der Waals surface area contributed by atoms with Gasteiger partial charge in [0.05, 0.1) is 42.5 Å². The van der Waals surface area contributed by atoms with Crippen molar-refractivity contribution >= 4 is 17.5 Å². The number of allylic oxidation sites excluding steroid dienone is 3. The minimum absolute atomic E-state index is 0.0103. The van der Waals surface area contributed by atoms with Gasteiger partial charge in [0.2, 0.25) is 5.91 Å². The highest BCUT2D eigenvalue weighted by Crippen LogP contribution is 2.43. The molecule has 3 aliphatic rings. The molecule has 1 spiro atoms. The smallest absolute Gasteiger partial charge is 0.225 e. The van der Waals surface area contributed by atoms with Crippen LogP contribution in [0.4, 0.5) is 0 Å². The number of carbonyl (C=O) groups is 3. The second kappa shape index (κ2) is 21.0. The molecule has 0 aliphatic carbocycles. The number of aliphatic hydroxyl groups excluding tert-OH is 2. The van der Waals surface area contributed by atoms with E-state index in [1.807, 2.05) is 13.8 Å². The first-order chi connectivity index (χ1) is 23.7. The number of ketones is 2. The van der Waals surface area contributed by atoms with Crippen molar-refractivity contribution in [2.45, 2.75) is 187 Å². The summed E-state index contributed by atoms with van der Waals surface area (Å²) in [6, 6.07) is 0. The van der Waals surface area contributed by atoms with Crippen LogP contribution < -0.4 is 5.32 Å². The number of ether oxygens (including phenoxy) is 3. The highest BCUT2D eigenvalue weighted by Gasteiger charge is 2.44. The fraction of sp³-hybridized carbons (Fsp3) is 0.829. The number of carbonyl (C=O) groups excluding carboxylic acids is 3. The molecule has 50 heavy (non-hydrogen) atoms. The highest BCUT2D eigenvalue weighted by molar-refractivity contribution is 5.89. The summed E-state index contributed by atoms with van der Waals surface area (Å²) in [5, 5.41) is 23.5. The van der Waals surface area contributed by atoms with Crippen LogP contribution in [0.1, 0.15) is 145 Å². The summed E-state index contributed by atoms with van der Waals surface area (Å²) in [6.45, 7) is 14.3. The summed E-state index contributed by atoms with van der Waals surface area (Å²) in [5.41, 5.74) is 1.02. The first kappa shape index (κ1) is 42.5. The first-order valence-corrected chi connectivity index (χ1v) is 19.7. The average molecular weight is 704 g/mol. The predicted molar refractivity (Wildman–Crippen MR) is 196 cm³/mol. The van der Waals surface area contributed by atoms with Gasteiger partial charge in [0, 0.05) is 38.6 Å². The van der Waals surface area contributed by atoms with Crippen molar-refractivity contribution in [3.63, 3.8) is 0 Å². The van der Waals surface area contributed by atoms with Gasteiger partial charge in [-0.15, -0.1) is 0 Å². The molecule has 1 amide bonds. The molecule has 3 N–H and O–H groups in total. The van der Waals surface area contributed by atoms with Gasteiger partial charge in [-0.05, 0) is 114 Å². The highest BCUT2D eigenvalue weighted by atomic mass is 16.7. The van der Waals surface area contributed by atoms with Crippen LogP contribution in [-0.2, 0) is 28.6 Å². The molecule has 0 radical (unpaired) electrons. The Kier molecular flexibility index (Phi) is 17.8. The lowest BCUT2D eigenvalue weighted by Gasteiger charge is -2.48. The topological polar surface area (TPSA) is 131 Å². The Labute approximate surface area is 302 Å². The molecule has 0 aromatic heterocycles. The van der Waals surface area contributed by atoms with Crippen LogP contribution in [0.5, 0.6) is 0 Å². The maximum Gasteiger partial charge on any atom is 0.225 e. The fourth-order valence-electron chi connectivity index (χ4n) is 7.74. The van der Waals surface area contributed by atoms with Gasteiger partial charge in [-0.1, -0.05) is 39.8 Å². The van der Waals surface area contributed by atoms with Crippen LogP contribution in [0.15, 0.2) is 23.8 Å². The number of hydrogen-bond acceptors (Lipinski definition) is 8. The lowest BCUT2D eigenvalue weighted by Crippen LogP contribution is -2.50. The number of nitrogens with one attached hydrogen (secondary N) is 1. The zero-order chi connectivity index (χ0) is 36.8. The standard InChI is InChI=1S/C41H69NO8/c1-8-11-33(44)25-36-18-15-28(3)39(48-36)26-34(45)16-19-37(46)31(6)40(47)42-23-10-13-38-29(4)20-22-41(50-38)21-9-12-35(49-41)17-14-27(2)24-30(5)32(7)43/h8,11,24,27-29,31-32,35-39,43,46H,9-10,12-23,25-26H2,1-7H3,(H,42,47)/b11-8+,30-24+/t27-,28?,29?,31-,32?,35-,36-,37-,38+,39?,41-/m0/s1. The second-order valence-electron chi connectivity index (χ2n) is 15.9. The molecule has 286 valence electrons. The van der Waals surface area contributed by atoms with Crippen molar-refractivity contribution in [1.82, 2.24) is 5.32 Å². The summed E-state index contributed by atoms with van der Waals surface area (Å²) in [4.78, 5) is 37.7. The summed E-state index contributed by atoms with van der Waals surface area (Å²) in [5.74, 6) is -0.253. The van der Waals surface area contributed by atoms with Crippen molar-refractivity contribution in [1.29, 1.82) is 0 Å². The zero-order valence-corrected chi connectivity index (χ0v) is 32.2. The first-order valence-electron chi connectivity index (χ1n) is 19.7. The Morgan fingerprint density at radius 2 is 1.64 bits per heavy atom. The van der Waals surface area contributed by atoms with Crippen LogP contribution in [0.25, 0.3) is 0 Å². The molecular formula is C41H69NO8. The predicted octanol–water partition coefficient (Wildman–Crippen LogP) is 7.16. The van der Waals surface area contributed by atoms with Crippen molar-refractivity contribution < 1.29 is 38.8 Å². The fourth-order valence-corrected chi connectivity index (χ4v) is 7.74.